The van der Waals surface area contributed by atoms with E-state index in [9.17, 15) is 4.79 Å². The molecule has 0 saturated heterocycles. The van der Waals surface area contributed by atoms with Crippen molar-refractivity contribution in [3.63, 3.8) is 0 Å². The van der Waals surface area contributed by atoms with Gasteiger partial charge in [-0.1, -0.05) is 36.4 Å². The summed E-state index contributed by atoms with van der Waals surface area (Å²) in [5.41, 5.74) is 7.10. The van der Waals surface area contributed by atoms with Crippen molar-refractivity contribution in [1.82, 2.24) is 0 Å². The molecule has 0 radical (unpaired) electrons. The highest BCUT2D eigenvalue weighted by molar-refractivity contribution is 5.95. The van der Waals surface area contributed by atoms with Crippen molar-refractivity contribution in [2.24, 2.45) is 5.92 Å². The molecule has 106 valence electrons. The number of carbonyl (C=O) groups excluding carboxylic acids is 1. The van der Waals surface area contributed by atoms with Crippen molar-refractivity contribution < 1.29 is 9.53 Å². The Hall–Kier alpha value is -2.09. The van der Waals surface area contributed by atoms with Gasteiger partial charge in [0.2, 0.25) is 0 Å². The van der Waals surface area contributed by atoms with Crippen LogP contribution in [0.2, 0.25) is 0 Å². The number of carbonyl (C=O) groups is 1. The number of ether oxygens (including phenoxy) is 1. The predicted molar refractivity (Wildman–Crippen MR) is 81.4 cm³/mol. The Kier molecular flexibility index (Phi) is 2.68. The van der Waals surface area contributed by atoms with Crippen LogP contribution in [0.3, 0.4) is 0 Å². The summed E-state index contributed by atoms with van der Waals surface area (Å²) >= 11 is 0. The molecule has 0 N–H and O–H groups in total. The number of esters is 1. The summed E-state index contributed by atoms with van der Waals surface area (Å²) in [5.74, 6) is 0.217. The molecule has 0 aromatic heterocycles. The number of hydrogen-bond acceptors (Lipinski definition) is 2. The van der Waals surface area contributed by atoms with Crippen molar-refractivity contribution >= 4 is 5.97 Å². The molecule has 4 rings (SSSR count). The molecule has 0 bridgehead atoms. The van der Waals surface area contributed by atoms with E-state index in [1.165, 1.54) is 16.7 Å². The molecule has 21 heavy (non-hydrogen) atoms. The van der Waals surface area contributed by atoms with Gasteiger partial charge >= 0.3 is 5.97 Å². The van der Waals surface area contributed by atoms with E-state index in [1.807, 2.05) is 25.1 Å². The number of aryl methyl sites for hydroxylation is 2. The summed E-state index contributed by atoms with van der Waals surface area (Å²) in [5, 5.41) is 0. The molecule has 2 heteroatoms. The van der Waals surface area contributed by atoms with E-state index in [-0.39, 0.29) is 12.1 Å². The lowest BCUT2D eigenvalue weighted by atomic mass is 9.90. The molecule has 1 heterocycles. The van der Waals surface area contributed by atoms with E-state index in [4.69, 9.17) is 4.74 Å². The molecule has 2 unspecified atom stereocenters. The summed E-state index contributed by atoms with van der Waals surface area (Å²) in [7, 11) is 0. The second kappa shape index (κ2) is 4.45. The molecular weight excluding hydrogens is 260 g/mol. The van der Waals surface area contributed by atoms with E-state index < -0.39 is 0 Å². The number of hydrogen-bond donors (Lipinski definition) is 0. The van der Waals surface area contributed by atoms with Gasteiger partial charge in [-0.3, -0.25) is 0 Å². The lowest BCUT2D eigenvalue weighted by Crippen LogP contribution is -2.13. The van der Waals surface area contributed by atoms with Gasteiger partial charge < -0.3 is 4.74 Å². The Morgan fingerprint density at radius 1 is 1.00 bits per heavy atom. The number of rotatable bonds is 1. The zero-order valence-corrected chi connectivity index (χ0v) is 12.3. The van der Waals surface area contributed by atoms with Crippen LogP contribution in [-0.2, 0) is 17.6 Å². The first kappa shape index (κ1) is 12.6. The van der Waals surface area contributed by atoms with Gasteiger partial charge in [-0.05, 0) is 48.9 Å². The van der Waals surface area contributed by atoms with Gasteiger partial charge in [0, 0.05) is 11.5 Å². The molecule has 0 amide bonds. The molecular formula is C19H18O2. The van der Waals surface area contributed by atoms with Crippen LogP contribution in [0.4, 0.5) is 0 Å². The fourth-order valence-corrected chi connectivity index (χ4v) is 3.87. The fraction of sp³-hybridized carbons (Fsp3) is 0.316. The lowest BCUT2D eigenvalue weighted by Gasteiger charge is -2.18. The van der Waals surface area contributed by atoms with Crippen LogP contribution in [-0.4, -0.2) is 5.97 Å². The van der Waals surface area contributed by atoms with Gasteiger partial charge in [0.25, 0.3) is 0 Å². The maximum absolute atomic E-state index is 12.2. The van der Waals surface area contributed by atoms with E-state index in [0.717, 1.165) is 29.5 Å². The average molecular weight is 278 g/mol. The third-order valence-electron chi connectivity index (χ3n) is 4.93. The molecule has 2 aromatic rings. The number of cyclic esters (lactones) is 1. The van der Waals surface area contributed by atoms with Crippen molar-refractivity contribution in [1.29, 1.82) is 0 Å². The summed E-state index contributed by atoms with van der Waals surface area (Å²) < 4.78 is 5.73. The second-order valence-electron chi connectivity index (χ2n) is 6.25. The van der Waals surface area contributed by atoms with Crippen molar-refractivity contribution in [3.05, 3.63) is 69.8 Å². The van der Waals surface area contributed by atoms with Crippen LogP contribution < -0.4 is 0 Å². The van der Waals surface area contributed by atoms with Gasteiger partial charge in [-0.25, -0.2) is 4.79 Å². The third-order valence-corrected chi connectivity index (χ3v) is 4.93. The van der Waals surface area contributed by atoms with Gasteiger partial charge in [0.15, 0.2) is 0 Å². The Bertz CT molecular complexity index is 745. The summed E-state index contributed by atoms with van der Waals surface area (Å²) in [6, 6.07) is 12.5. The van der Waals surface area contributed by atoms with Gasteiger partial charge in [0.1, 0.15) is 6.10 Å². The quantitative estimate of drug-likeness (QED) is 0.739. The van der Waals surface area contributed by atoms with E-state index >= 15 is 0 Å². The summed E-state index contributed by atoms with van der Waals surface area (Å²) in [6.45, 7) is 4.15. The summed E-state index contributed by atoms with van der Waals surface area (Å²) in [6.07, 6.45) is 1.93. The molecule has 1 aliphatic heterocycles. The Balaban J connectivity index is 1.71. The predicted octanol–water partition coefficient (Wildman–Crippen LogP) is 3.93. The number of fused-ring (bicyclic) bond motifs is 2. The first-order chi connectivity index (χ1) is 10.1. The van der Waals surface area contributed by atoms with Gasteiger partial charge in [-0.2, -0.15) is 0 Å². The third kappa shape index (κ3) is 1.82. The van der Waals surface area contributed by atoms with Crippen LogP contribution >= 0.6 is 0 Å². The molecule has 2 nitrogen and oxygen atoms in total. The minimum atomic E-state index is -0.152. The van der Waals surface area contributed by atoms with Crippen molar-refractivity contribution in [3.8, 4) is 0 Å². The molecule has 0 fully saturated rings. The van der Waals surface area contributed by atoms with Crippen LogP contribution in [0, 0.1) is 19.8 Å². The smallest absolute Gasteiger partial charge is 0.339 e. The molecule has 1 aliphatic carbocycles. The SMILES string of the molecule is Cc1cccc2c1CC(C1OC(=O)c3c(C)cccc31)C2. The first-order valence-electron chi connectivity index (χ1n) is 7.53. The Morgan fingerprint density at radius 3 is 2.57 bits per heavy atom. The van der Waals surface area contributed by atoms with Gasteiger partial charge in [-0.15, -0.1) is 0 Å². The lowest BCUT2D eigenvalue weighted by molar-refractivity contribution is 0.0248. The van der Waals surface area contributed by atoms with Crippen LogP contribution in [0.25, 0.3) is 0 Å². The molecule has 2 aliphatic rings. The topological polar surface area (TPSA) is 26.3 Å². The summed E-state index contributed by atoms with van der Waals surface area (Å²) in [4.78, 5) is 12.2. The van der Waals surface area contributed by atoms with Crippen LogP contribution in [0.1, 0.15) is 44.3 Å². The monoisotopic (exact) mass is 278 g/mol. The highest BCUT2D eigenvalue weighted by Gasteiger charge is 2.40. The zero-order valence-electron chi connectivity index (χ0n) is 12.3. The Labute approximate surface area is 124 Å². The fourth-order valence-electron chi connectivity index (χ4n) is 3.87. The highest BCUT2D eigenvalue weighted by atomic mass is 16.5. The minimum absolute atomic E-state index is 0.0841. The molecule has 0 saturated carbocycles. The van der Waals surface area contributed by atoms with Crippen LogP contribution in [0.15, 0.2) is 36.4 Å². The average Bonchev–Trinajstić information content (AvgIpc) is 3.02. The minimum Gasteiger partial charge on any atom is -0.454 e. The maximum Gasteiger partial charge on any atom is 0.339 e. The normalized spacial score (nSPS) is 22.9. The second-order valence-corrected chi connectivity index (χ2v) is 6.25. The van der Waals surface area contributed by atoms with Crippen molar-refractivity contribution in [2.75, 3.05) is 0 Å². The van der Waals surface area contributed by atoms with Crippen molar-refractivity contribution in [2.45, 2.75) is 32.8 Å². The number of benzene rings is 2. The van der Waals surface area contributed by atoms with E-state index in [1.54, 1.807) is 0 Å². The van der Waals surface area contributed by atoms with E-state index in [0.29, 0.717) is 5.92 Å². The Morgan fingerprint density at radius 2 is 1.76 bits per heavy atom. The molecule has 2 atom stereocenters. The van der Waals surface area contributed by atoms with Gasteiger partial charge in [0.05, 0.1) is 5.56 Å². The first-order valence-corrected chi connectivity index (χ1v) is 7.53. The largest absolute Gasteiger partial charge is 0.454 e. The maximum atomic E-state index is 12.2. The highest BCUT2D eigenvalue weighted by Crippen LogP contribution is 2.43. The van der Waals surface area contributed by atoms with E-state index in [2.05, 4.69) is 25.1 Å². The molecule has 0 spiro atoms. The molecule has 2 aromatic carbocycles. The van der Waals surface area contributed by atoms with Crippen LogP contribution in [0.5, 0.6) is 0 Å². The standard InChI is InChI=1S/C19H18O2/c1-11-5-3-7-13-9-14(10-16(11)13)18-15-8-4-6-12(2)17(15)19(20)21-18/h3-8,14,18H,9-10H2,1-2H3. The zero-order chi connectivity index (χ0) is 14.6.